The van der Waals surface area contributed by atoms with Gasteiger partial charge in [0.05, 0.1) is 11.6 Å². The number of amides is 1. The Hall–Kier alpha value is -2.96. The van der Waals surface area contributed by atoms with E-state index in [9.17, 15) is 14.7 Å². The number of carbonyl (C=O) groups is 2. The molecule has 1 atom stereocenters. The van der Waals surface area contributed by atoms with Crippen molar-refractivity contribution in [2.75, 3.05) is 4.90 Å². The number of hydrogen-bond acceptors (Lipinski definition) is 5. The normalized spacial score (nSPS) is 18.6. The summed E-state index contributed by atoms with van der Waals surface area (Å²) in [5.74, 6) is -1.74. The zero-order chi connectivity index (χ0) is 19.8. The second-order valence-corrected chi connectivity index (χ2v) is 7.65. The minimum atomic E-state index is -0.860. The fraction of sp³-hybridized carbons (Fsp3) is 0.0952. The van der Waals surface area contributed by atoms with Crippen LogP contribution in [-0.4, -0.2) is 21.8 Å². The van der Waals surface area contributed by atoms with Gasteiger partial charge in [-0.1, -0.05) is 59.6 Å². The lowest BCUT2D eigenvalue weighted by Gasteiger charge is -2.23. The highest BCUT2D eigenvalue weighted by Gasteiger charge is 2.48. The molecule has 0 aliphatic carbocycles. The summed E-state index contributed by atoms with van der Waals surface area (Å²) < 4.78 is 0. The fourth-order valence-electron chi connectivity index (χ4n) is 3.22. The summed E-state index contributed by atoms with van der Waals surface area (Å²) in [7, 11) is 0. The molecular formula is C21H15ClN2O3S. The average Bonchev–Trinajstić information content (AvgIpc) is 3.30. The molecule has 5 nitrogen and oxygen atoms in total. The molecule has 1 aromatic heterocycles. The first kappa shape index (κ1) is 18.4. The minimum Gasteiger partial charge on any atom is -0.507 e. The lowest BCUT2D eigenvalue weighted by Crippen LogP contribution is -2.29. The number of aryl methyl sites for hydroxylation is 1. The summed E-state index contributed by atoms with van der Waals surface area (Å²) in [4.78, 5) is 31.3. The van der Waals surface area contributed by atoms with E-state index in [2.05, 4.69) is 4.98 Å². The third-order valence-corrected chi connectivity index (χ3v) is 5.71. The van der Waals surface area contributed by atoms with Crippen LogP contribution < -0.4 is 4.90 Å². The van der Waals surface area contributed by atoms with Crippen LogP contribution in [0.4, 0.5) is 5.13 Å². The Morgan fingerprint density at radius 1 is 1.14 bits per heavy atom. The molecule has 7 heteroatoms. The van der Waals surface area contributed by atoms with E-state index in [4.69, 9.17) is 11.6 Å². The topological polar surface area (TPSA) is 70.5 Å². The molecule has 1 aliphatic rings. The van der Waals surface area contributed by atoms with Crippen molar-refractivity contribution in [3.8, 4) is 0 Å². The molecule has 1 unspecified atom stereocenters. The Balaban J connectivity index is 1.96. The van der Waals surface area contributed by atoms with E-state index >= 15 is 0 Å². The molecule has 0 spiro atoms. The van der Waals surface area contributed by atoms with Crippen LogP contribution in [0.1, 0.15) is 22.7 Å². The van der Waals surface area contributed by atoms with E-state index in [1.165, 1.54) is 16.2 Å². The number of carbonyl (C=O) groups excluding carboxylic acids is 2. The van der Waals surface area contributed by atoms with E-state index in [1.54, 1.807) is 48.0 Å². The molecular weight excluding hydrogens is 396 g/mol. The highest BCUT2D eigenvalue weighted by atomic mass is 35.5. The monoisotopic (exact) mass is 410 g/mol. The van der Waals surface area contributed by atoms with Crippen LogP contribution in [-0.2, 0) is 9.59 Å². The van der Waals surface area contributed by atoms with Crippen LogP contribution in [0.25, 0.3) is 5.76 Å². The van der Waals surface area contributed by atoms with Gasteiger partial charge in [0, 0.05) is 22.2 Å². The number of aromatic nitrogens is 1. The van der Waals surface area contributed by atoms with E-state index in [0.717, 1.165) is 5.56 Å². The number of Topliss-reactive ketones (excluding diaryl/α,β-unsaturated/α-hetero) is 1. The predicted molar refractivity (Wildman–Crippen MR) is 110 cm³/mol. The first-order valence-corrected chi connectivity index (χ1v) is 9.76. The van der Waals surface area contributed by atoms with Crippen molar-refractivity contribution in [1.82, 2.24) is 4.98 Å². The lowest BCUT2D eigenvalue weighted by atomic mass is 9.95. The molecule has 2 heterocycles. The second-order valence-electron chi connectivity index (χ2n) is 6.37. The predicted octanol–water partition coefficient (Wildman–Crippen LogP) is 4.73. The molecule has 0 bridgehead atoms. The van der Waals surface area contributed by atoms with Crippen molar-refractivity contribution in [3.05, 3.63) is 87.4 Å². The molecule has 0 saturated carbocycles. The van der Waals surface area contributed by atoms with Crippen molar-refractivity contribution in [3.63, 3.8) is 0 Å². The minimum absolute atomic E-state index is 0.00264. The molecule has 4 rings (SSSR count). The Morgan fingerprint density at radius 3 is 2.50 bits per heavy atom. The molecule has 1 amide bonds. The van der Waals surface area contributed by atoms with Gasteiger partial charge in [0.25, 0.3) is 5.78 Å². The summed E-state index contributed by atoms with van der Waals surface area (Å²) in [5.41, 5.74) is 2.02. The van der Waals surface area contributed by atoms with E-state index in [1.807, 2.05) is 19.1 Å². The van der Waals surface area contributed by atoms with Crippen LogP contribution in [0.3, 0.4) is 0 Å². The van der Waals surface area contributed by atoms with E-state index in [0.29, 0.717) is 21.3 Å². The maximum atomic E-state index is 12.9. The SMILES string of the molecule is Cc1ccc(/C(O)=C2/C(=O)C(=O)N(c3nccs3)C2c2ccccc2Cl)cc1. The Labute approximate surface area is 170 Å². The Kier molecular flexibility index (Phi) is 4.75. The van der Waals surface area contributed by atoms with Gasteiger partial charge in [-0.05, 0) is 18.6 Å². The van der Waals surface area contributed by atoms with E-state index in [-0.39, 0.29) is 11.3 Å². The number of rotatable bonds is 3. The number of anilines is 1. The van der Waals surface area contributed by atoms with Crippen LogP contribution in [0, 0.1) is 6.92 Å². The molecule has 1 N–H and O–H groups in total. The van der Waals surface area contributed by atoms with Gasteiger partial charge in [0.15, 0.2) is 5.13 Å². The number of aliphatic hydroxyl groups excluding tert-OH is 1. The smallest absolute Gasteiger partial charge is 0.301 e. The van der Waals surface area contributed by atoms with Gasteiger partial charge in [-0.2, -0.15) is 0 Å². The molecule has 28 heavy (non-hydrogen) atoms. The second kappa shape index (κ2) is 7.22. The summed E-state index contributed by atoms with van der Waals surface area (Å²) in [6, 6.07) is 13.2. The van der Waals surface area contributed by atoms with E-state index < -0.39 is 17.7 Å². The van der Waals surface area contributed by atoms with Crippen LogP contribution in [0.15, 0.2) is 65.7 Å². The molecule has 1 aliphatic heterocycles. The molecule has 0 radical (unpaired) electrons. The maximum absolute atomic E-state index is 12.9. The quantitative estimate of drug-likeness (QED) is 0.385. The first-order chi connectivity index (χ1) is 13.5. The summed E-state index contributed by atoms with van der Waals surface area (Å²) in [6.07, 6.45) is 1.56. The number of benzene rings is 2. The lowest BCUT2D eigenvalue weighted by molar-refractivity contribution is -0.132. The molecule has 1 saturated heterocycles. The molecule has 3 aromatic rings. The largest absolute Gasteiger partial charge is 0.507 e. The van der Waals surface area contributed by atoms with Gasteiger partial charge in [-0.15, -0.1) is 11.3 Å². The standard InChI is InChI=1S/C21H15ClN2O3S/c1-12-6-8-13(9-7-12)18(25)16-17(14-4-2-3-5-15(14)22)24(20(27)19(16)26)21-23-10-11-28-21/h2-11,17,25H,1H3/b18-16-. The number of halogens is 1. The highest BCUT2D eigenvalue weighted by Crippen LogP contribution is 2.44. The van der Waals surface area contributed by atoms with Gasteiger partial charge in [-0.25, -0.2) is 4.98 Å². The number of aliphatic hydroxyl groups is 1. The first-order valence-electron chi connectivity index (χ1n) is 8.51. The van der Waals surface area contributed by atoms with Gasteiger partial charge in [-0.3, -0.25) is 14.5 Å². The highest BCUT2D eigenvalue weighted by molar-refractivity contribution is 7.14. The van der Waals surface area contributed by atoms with Crippen LogP contribution in [0.2, 0.25) is 5.02 Å². The van der Waals surface area contributed by atoms with Gasteiger partial charge < -0.3 is 5.11 Å². The van der Waals surface area contributed by atoms with Crippen LogP contribution >= 0.6 is 22.9 Å². The summed E-state index contributed by atoms with van der Waals surface area (Å²) in [6.45, 7) is 1.93. The van der Waals surface area contributed by atoms with Gasteiger partial charge >= 0.3 is 5.91 Å². The van der Waals surface area contributed by atoms with Crippen molar-refractivity contribution in [2.24, 2.45) is 0 Å². The molecule has 1 fully saturated rings. The van der Waals surface area contributed by atoms with Crippen molar-refractivity contribution < 1.29 is 14.7 Å². The average molecular weight is 411 g/mol. The van der Waals surface area contributed by atoms with Gasteiger partial charge in [0.1, 0.15) is 5.76 Å². The van der Waals surface area contributed by atoms with Crippen LogP contribution in [0.5, 0.6) is 0 Å². The third kappa shape index (κ3) is 3.00. The summed E-state index contributed by atoms with van der Waals surface area (Å²) >= 11 is 7.63. The molecule has 140 valence electrons. The van der Waals surface area contributed by atoms with Gasteiger partial charge in [0.2, 0.25) is 0 Å². The van der Waals surface area contributed by atoms with Crippen molar-refractivity contribution >= 4 is 45.5 Å². The third-order valence-electron chi connectivity index (χ3n) is 4.59. The Bertz CT molecular complexity index is 1090. The zero-order valence-electron chi connectivity index (χ0n) is 14.8. The van der Waals surface area contributed by atoms with Crippen molar-refractivity contribution in [1.29, 1.82) is 0 Å². The maximum Gasteiger partial charge on any atom is 0.301 e. The Morgan fingerprint density at radius 2 is 1.86 bits per heavy atom. The number of ketones is 1. The number of hydrogen-bond donors (Lipinski definition) is 1. The van der Waals surface area contributed by atoms with Crippen molar-refractivity contribution in [2.45, 2.75) is 13.0 Å². The zero-order valence-corrected chi connectivity index (χ0v) is 16.4. The number of nitrogens with zero attached hydrogens (tertiary/aromatic N) is 2. The summed E-state index contributed by atoms with van der Waals surface area (Å²) in [5, 5.41) is 13.4. The fourth-order valence-corrected chi connectivity index (χ4v) is 4.13. The molecule has 2 aromatic carbocycles. The number of thiazole rings is 1.